The summed E-state index contributed by atoms with van der Waals surface area (Å²) in [6, 6.07) is 5.09. The van der Waals surface area contributed by atoms with Gasteiger partial charge in [-0.05, 0) is 49.1 Å². The van der Waals surface area contributed by atoms with Crippen LogP contribution in [-0.2, 0) is 6.42 Å². The Morgan fingerprint density at radius 2 is 2.12 bits per heavy atom. The van der Waals surface area contributed by atoms with Crippen molar-refractivity contribution in [1.29, 1.82) is 0 Å². The van der Waals surface area contributed by atoms with Crippen LogP contribution < -0.4 is 15.6 Å². The van der Waals surface area contributed by atoms with E-state index >= 15 is 4.39 Å². The zero-order valence-corrected chi connectivity index (χ0v) is 19.2. The molecule has 3 aromatic rings. The second kappa shape index (κ2) is 9.23. The number of carbonyl (C=O) groups is 1. The van der Waals surface area contributed by atoms with Gasteiger partial charge in [-0.1, -0.05) is 18.5 Å². The standard InChI is InChI=1S/C24H24ClFN4O3/c1-4-22-18-12-28-23(31)7-14(18)5-13(2)30(22)24(32)29-21-9-19(25)17(8-20(21)26)15-6-16(33-3)11-27-10-15/h6-13,22H,4-5H2,1-3H3,(H,28,31)(H,29,32). The number of H-pyrrole nitrogens is 1. The molecule has 2 aromatic heterocycles. The minimum absolute atomic E-state index is 0.0149. The van der Waals surface area contributed by atoms with E-state index in [0.29, 0.717) is 29.7 Å². The predicted octanol–water partition coefficient (Wildman–Crippen LogP) is 5.17. The van der Waals surface area contributed by atoms with E-state index in [0.717, 1.165) is 11.1 Å². The summed E-state index contributed by atoms with van der Waals surface area (Å²) in [5.41, 5.74) is 2.67. The van der Waals surface area contributed by atoms with Gasteiger partial charge in [-0.2, -0.15) is 0 Å². The molecule has 2 atom stereocenters. The van der Waals surface area contributed by atoms with Crippen molar-refractivity contribution in [2.45, 2.75) is 38.8 Å². The van der Waals surface area contributed by atoms with Gasteiger partial charge in [0.2, 0.25) is 5.56 Å². The number of benzene rings is 1. The van der Waals surface area contributed by atoms with Gasteiger partial charge in [0.05, 0.1) is 30.1 Å². The molecule has 1 aliphatic heterocycles. The molecule has 1 aromatic carbocycles. The van der Waals surface area contributed by atoms with Crippen molar-refractivity contribution < 1.29 is 13.9 Å². The number of halogens is 2. The van der Waals surface area contributed by atoms with Gasteiger partial charge in [0.1, 0.15) is 11.6 Å². The summed E-state index contributed by atoms with van der Waals surface area (Å²) in [6.45, 7) is 3.88. The Morgan fingerprint density at radius 1 is 1.33 bits per heavy atom. The molecule has 33 heavy (non-hydrogen) atoms. The summed E-state index contributed by atoms with van der Waals surface area (Å²) in [5, 5.41) is 2.94. The number of rotatable bonds is 4. The number of aromatic amines is 1. The molecule has 4 rings (SSSR count). The molecule has 0 bridgehead atoms. The van der Waals surface area contributed by atoms with Gasteiger partial charge in [0.15, 0.2) is 0 Å². The van der Waals surface area contributed by atoms with Crippen LogP contribution in [-0.4, -0.2) is 34.1 Å². The number of anilines is 1. The zero-order chi connectivity index (χ0) is 23.7. The highest BCUT2D eigenvalue weighted by molar-refractivity contribution is 6.33. The smallest absolute Gasteiger partial charge is 0.322 e. The quantitative estimate of drug-likeness (QED) is 0.550. The maximum absolute atomic E-state index is 15.0. The van der Waals surface area contributed by atoms with Crippen LogP contribution >= 0.6 is 11.6 Å². The van der Waals surface area contributed by atoms with Crippen molar-refractivity contribution >= 4 is 23.3 Å². The first-order valence-corrected chi connectivity index (χ1v) is 11.0. The van der Waals surface area contributed by atoms with Crippen molar-refractivity contribution in [3.8, 4) is 16.9 Å². The largest absolute Gasteiger partial charge is 0.495 e. The third-order valence-electron chi connectivity index (χ3n) is 5.91. The molecule has 0 saturated heterocycles. The number of urea groups is 1. The van der Waals surface area contributed by atoms with E-state index in [4.69, 9.17) is 16.3 Å². The molecule has 7 nitrogen and oxygen atoms in total. The molecule has 0 aliphatic carbocycles. The molecule has 172 valence electrons. The fourth-order valence-corrected chi connectivity index (χ4v) is 4.64. The van der Waals surface area contributed by atoms with Crippen LogP contribution in [0.15, 0.2) is 47.7 Å². The third kappa shape index (κ3) is 4.43. The zero-order valence-electron chi connectivity index (χ0n) is 18.5. The van der Waals surface area contributed by atoms with E-state index in [1.54, 1.807) is 35.6 Å². The number of ether oxygens (including phenoxy) is 1. The highest BCUT2D eigenvalue weighted by Gasteiger charge is 2.35. The molecule has 0 saturated carbocycles. The second-order valence-corrected chi connectivity index (χ2v) is 8.43. The highest BCUT2D eigenvalue weighted by atomic mass is 35.5. The van der Waals surface area contributed by atoms with Crippen LogP contribution in [0.5, 0.6) is 5.75 Å². The molecule has 0 fully saturated rings. The van der Waals surface area contributed by atoms with Crippen molar-refractivity contribution in [2.75, 3.05) is 12.4 Å². The lowest BCUT2D eigenvalue weighted by Gasteiger charge is -2.41. The Bertz CT molecular complexity index is 1260. The summed E-state index contributed by atoms with van der Waals surface area (Å²) in [7, 11) is 1.52. The number of hydrogen-bond donors (Lipinski definition) is 2. The molecule has 2 N–H and O–H groups in total. The topological polar surface area (TPSA) is 87.3 Å². The minimum atomic E-state index is -0.618. The lowest BCUT2D eigenvalue weighted by Crippen LogP contribution is -2.48. The summed E-state index contributed by atoms with van der Waals surface area (Å²) in [4.78, 5) is 33.4. The van der Waals surface area contributed by atoms with Crippen molar-refractivity contribution in [2.24, 2.45) is 0 Å². The van der Waals surface area contributed by atoms with Crippen LogP contribution in [0.4, 0.5) is 14.9 Å². The maximum atomic E-state index is 15.0. The van der Waals surface area contributed by atoms with E-state index in [9.17, 15) is 9.59 Å². The average molecular weight is 471 g/mol. The van der Waals surface area contributed by atoms with Gasteiger partial charge in [-0.3, -0.25) is 9.78 Å². The Labute approximate surface area is 195 Å². The van der Waals surface area contributed by atoms with E-state index in [2.05, 4.69) is 15.3 Å². The van der Waals surface area contributed by atoms with Crippen LogP contribution in [0.2, 0.25) is 5.02 Å². The number of fused-ring (bicyclic) bond motifs is 1. The first-order chi connectivity index (χ1) is 15.8. The first kappa shape index (κ1) is 22.8. The number of aromatic nitrogens is 2. The number of nitrogens with one attached hydrogen (secondary N) is 2. The number of nitrogens with zero attached hydrogens (tertiary/aromatic N) is 2. The number of carbonyl (C=O) groups excluding carboxylic acids is 1. The fraction of sp³-hybridized carbons (Fsp3) is 0.292. The molecule has 3 heterocycles. The summed E-state index contributed by atoms with van der Waals surface area (Å²) < 4.78 is 20.2. The van der Waals surface area contributed by atoms with Crippen molar-refractivity contribution in [3.05, 3.63) is 75.2 Å². The summed E-state index contributed by atoms with van der Waals surface area (Å²) in [5.74, 6) is -0.0966. The van der Waals surface area contributed by atoms with Crippen LogP contribution in [0.3, 0.4) is 0 Å². The van der Waals surface area contributed by atoms with Gasteiger partial charge in [-0.25, -0.2) is 9.18 Å². The van der Waals surface area contributed by atoms with Gasteiger partial charge < -0.3 is 19.9 Å². The highest BCUT2D eigenvalue weighted by Crippen LogP contribution is 2.36. The first-order valence-electron chi connectivity index (χ1n) is 10.6. The van der Waals surface area contributed by atoms with Crippen LogP contribution in [0, 0.1) is 5.82 Å². The summed E-state index contributed by atoms with van der Waals surface area (Å²) >= 11 is 6.43. The van der Waals surface area contributed by atoms with Gasteiger partial charge >= 0.3 is 6.03 Å². The van der Waals surface area contributed by atoms with Crippen LogP contribution in [0.1, 0.15) is 37.4 Å². The molecule has 0 radical (unpaired) electrons. The lowest BCUT2D eigenvalue weighted by atomic mass is 9.89. The van der Waals surface area contributed by atoms with Gasteiger partial charge in [0.25, 0.3) is 0 Å². The Kier molecular flexibility index (Phi) is 6.37. The van der Waals surface area contributed by atoms with E-state index in [-0.39, 0.29) is 28.4 Å². The number of methoxy groups -OCH3 is 1. The molecular weight excluding hydrogens is 447 g/mol. The maximum Gasteiger partial charge on any atom is 0.322 e. The molecular formula is C24H24ClFN4O3. The van der Waals surface area contributed by atoms with Crippen molar-refractivity contribution in [3.63, 3.8) is 0 Å². The van der Waals surface area contributed by atoms with E-state index in [1.165, 1.54) is 19.2 Å². The SMILES string of the molecule is CCC1c2c[nH]c(=O)cc2CC(C)N1C(=O)Nc1cc(Cl)c(-c2cncc(OC)c2)cc1F. The van der Waals surface area contributed by atoms with Gasteiger partial charge in [0, 0.05) is 35.6 Å². The molecule has 2 unspecified atom stereocenters. The Balaban J connectivity index is 1.62. The molecule has 0 spiro atoms. The second-order valence-electron chi connectivity index (χ2n) is 8.02. The Hall–Kier alpha value is -3.39. The fourth-order valence-electron chi connectivity index (χ4n) is 4.37. The van der Waals surface area contributed by atoms with Crippen LogP contribution in [0.25, 0.3) is 11.1 Å². The minimum Gasteiger partial charge on any atom is -0.495 e. The number of hydrogen-bond acceptors (Lipinski definition) is 4. The van der Waals surface area contributed by atoms with E-state index < -0.39 is 11.8 Å². The van der Waals surface area contributed by atoms with Gasteiger partial charge in [-0.15, -0.1) is 0 Å². The predicted molar refractivity (Wildman–Crippen MR) is 125 cm³/mol. The average Bonchev–Trinajstić information content (AvgIpc) is 2.79. The number of pyridine rings is 2. The third-order valence-corrected chi connectivity index (χ3v) is 6.22. The molecule has 9 heteroatoms. The lowest BCUT2D eigenvalue weighted by molar-refractivity contribution is 0.148. The molecule has 2 amide bonds. The van der Waals surface area contributed by atoms with E-state index in [1.807, 2.05) is 13.8 Å². The molecule has 1 aliphatic rings. The van der Waals surface area contributed by atoms with Crippen molar-refractivity contribution in [1.82, 2.24) is 14.9 Å². The normalized spacial score (nSPS) is 17.4. The summed E-state index contributed by atoms with van der Waals surface area (Å²) in [6.07, 6.45) is 5.94. The Morgan fingerprint density at radius 3 is 2.85 bits per heavy atom. The monoisotopic (exact) mass is 470 g/mol. The number of amides is 2.